The number of hydrogen-bond donors (Lipinski definition) is 4. The van der Waals surface area contributed by atoms with E-state index in [4.69, 9.17) is 10.5 Å². The second-order valence-corrected chi connectivity index (χ2v) is 14.8. The molecule has 3 atom stereocenters. The van der Waals surface area contributed by atoms with E-state index in [0.717, 1.165) is 22.3 Å². The van der Waals surface area contributed by atoms with Gasteiger partial charge in [0.05, 0.1) is 18.6 Å². The lowest BCUT2D eigenvalue weighted by Gasteiger charge is -2.32. The van der Waals surface area contributed by atoms with Gasteiger partial charge in [-0.3, -0.25) is 4.79 Å². The van der Waals surface area contributed by atoms with Crippen LogP contribution in [0.2, 0.25) is 0 Å². The number of aliphatic hydroxyl groups excluding tert-OH is 1. The summed E-state index contributed by atoms with van der Waals surface area (Å²) in [5.74, 6) is -0.583. The Morgan fingerprint density at radius 3 is 2.02 bits per heavy atom. The van der Waals surface area contributed by atoms with Gasteiger partial charge in [-0.05, 0) is 84.5 Å². The van der Waals surface area contributed by atoms with Gasteiger partial charge < -0.3 is 26.2 Å². The lowest BCUT2D eigenvalue weighted by molar-refractivity contribution is -0.124. The smallest absolute Gasteiger partial charge is 0.407 e. The number of benzene rings is 3. The van der Waals surface area contributed by atoms with E-state index in [1.165, 1.54) is 23.5 Å². The van der Waals surface area contributed by atoms with Gasteiger partial charge in [0.2, 0.25) is 15.9 Å². The molecule has 2 amide bonds. The first kappa shape index (κ1) is 37.6. The summed E-state index contributed by atoms with van der Waals surface area (Å²) in [7, 11) is -2.63. The predicted molar refractivity (Wildman–Crippen MR) is 194 cm³/mol. The Hall–Kier alpha value is -4.19. The highest BCUT2D eigenvalue weighted by Gasteiger charge is 2.36. The number of sulfonamides is 1. The van der Waals surface area contributed by atoms with Crippen LogP contribution in [0.5, 0.6) is 0 Å². The van der Waals surface area contributed by atoms with E-state index in [1.807, 2.05) is 81.5 Å². The van der Waals surface area contributed by atoms with Crippen LogP contribution in [0, 0.1) is 5.92 Å². The number of aliphatic hydroxyl groups is 1. The SMILES string of the molecule is CC[C@@H](CCC[C@@H](CO)N(CCC(C)C)S(=O)(=O)c1ccc(N)cc1)NC(=O)[C@@H](NC(=O)OC)C1c2ccccc2C=Cc2ccccc21. The van der Waals surface area contributed by atoms with E-state index in [9.17, 15) is 23.1 Å². The molecule has 3 aromatic carbocycles. The summed E-state index contributed by atoms with van der Waals surface area (Å²) in [4.78, 5) is 27.0. The number of carbonyl (C=O) groups excluding carboxylic acids is 2. The van der Waals surface area contributed by atoms with Crippen LogP contribution in [0.1, 0.15) is 81.0 Å². The maximum Gasteiger partial charge on any atom is 0.407 e. The largest absolute Gasteiger partial charge is 0.453 e. The quantitative estimate of drug-likeness (QED) is 0.139. The molecule has 0 aliphatic heterocycles. The molecule has 10 nitrogen and oxygen atoms in total. The number of nitrogens with two attached hydrogens (primary N) is 1. The zero-order chi connectivity index (χ0) is 35.6. The normalized spacial score (nSPS) is 14.8. The molecule has 11 heteroatoms. The van der Waals surface area contributed by atoms with Gasteiger partial charge in [0.25, 0.3) is 0 Å². The molecule has 0 bridgehead atoms. The molecule has 1 aliphatic carbocycles. The van der Waals surface area contributed by atoms with Crippen LogP contribution < -0.4 is 16.4 Å². The van der Waals surface area contributed by atoms with Crippen LogP contribution in [0.3, 0.4) is 0 Å². The summed E-state index contributed by atoms with van der Waals surface area (Å²) in [5.41, 5.74) is 9.98. The lowest BCUT2D eigenvalue weighted by atomic mass is 9.81. The number of methoxy groups -OCH3 is 1. The Labute approximate surface area is 290 Å². The van der Waals surface area contributed by atoms with Crippen LogP contribution in [-0.2, 0) is 19.6 Å². The first-order valence-corrected chi connectivity index (χ1v) is 18.4. The molecule has 4 rings (SSSR count). The number of alkyl carbamates (subject to hydrolysis) is 1. The topological polar surface area (TPSA) is 151 Å². The molecule has 49 heavy (non-hydrogen) atoms. The van der Waals surface area contributed by atoms with E-state index in [2.05, 4.69) is 10.6 Å². The fourth-order valence-corrected chi connectivity index (χ4v) is 8.00. The molecule has 1 aliphatic rings. The van der Waals surface area contributed by atoms with E-state index < -0.39 is 34.1 Å². The molecule has 0 heterocycles. The number of fused-ring (bicyclic) bond motifs is 2. The Morgan fingerprint density at radius 1 is 0.898 bits per heavy atom. The second-order valence-electron chi connectivity index (χ2n) is 12.9. The Kier molecular flexibility index (Phi) is 13.4. The standard InChI is InChI=1S/C38H50N4O6S/c1-5-30(13-10-14-31(25-43)42(24-23-26(2)3)49(46,47)32-21-19-29(39)20-22-32)40-37(44)36(41-38(45)48-4)35-33-15-8-6-11-27(33)17-18-28-12-7-9-16-34(28)35/h6-9,11-12,15-22,26,30-31,35-36,43H,5,10,13-14,23-25,39H2,1-4H3,(H,40,44)(H,41,45)/t30-,31-,36-/m0/s1. The van der Waals surface area contributed by atoms with Crippen LogP contribution >= 0.6 is 0 Å². The number of rotatable bonds is 16. The van der Waals surface area contributed by atoms with Gasteiger partial charge in [-0.1, -0.05) is 81.5 Å². The molecule has 0 spiro atoms. The highest BCUT2D eigenvalue weighted by molar-refractivity contribution is 7.89. The van der Waals surface area contributed by atoms with Crippen molar-refractivity contribution < 1.29 is 27.9 Å². The van der Waals surface area contributed by atoms with Gasteiger partial charge in [0, 0.05) is 30.2 Å². The zero-order valence-electron chi connectivity index (χ0n) is 28.8. The van der Waals surface area contributed by atoms with Crippen molar-refractivity contribution in [1.29, 1.82) is 0 Å². The highest BCUT2D eigenvalue weighted by atomic mass is 32.2. The van der Waals surface area contributed by atoms with Gasteiger partial charge in [0.1, 0.15) is 6.04 Å². The highest BCUT2D eigenvalue weighted by Crippen LogP contribution is 2.37. The molecule has 264 valence electrons. The average Bonchev–Trinajstić information content (AvgIpc) is 3.26. The molecule has 0 radical (unpaired) electrons. The Bertz CT molecular complexity index is 1640. The minimum absolute atomic E-state index is 0.128. The molecule has 0 saturated carbocycles. The first-order chi connectivity index (χ1) is 23.5. The van der Waals surface area contributed by atoms with Crippen LogP contribution in [0.4, 0.5) is 10.5 Å². The summed E-state index contributed by atoms with van der Waals surface area (Å²) < 4.78 is 33.9. The van der Waals surface area contributed by atoms with E-state index in [0.29, 0.717) is 37.8 Å². The van der Waals surface area contributed by atoms with Gasteiger partial charge >= 0.3 is 6.09 Å². The Balaban J connectivity index is 1.53. The first-order valence-electron chi connectivity index (χ1n) is 17.0. The fourth-order valence-electron chi connectivity index (χ4n) is 6.34. The summed E-state index contributed by atoms with van der Waals surface area (Å²) in [6, 6.07) is 19.9. The molecule has 0 aromatic heterocycles. The van der Waals surface area contributed by atoms with E-state index >= 15 is 0 Å². The molecule has 5 N–H and O–H groups in total. The van der Waals surface area contributed by atoms with Crippen molar-refractivity contribution in [3.63, 3.8) is 0 Å². The third kappa shape index (κ3) is 9.49. The fraction of sp³-hybridized carbons (Fsp3) is 0.421. The van der Waals surface area contributed by atoms with Gasteiger partial charge in [-0.15, -0.1) is 0 Å². The number of anilines is 1. The Morgan fingerprint density at radius 2 is 1.49 bits per heavy atom. The second kappa shape index (κ2) is 17.5. The van der Waals surface area contributed by atoms with Crippen molar-refractivity contribution in [2.45, 2.75) is 81.8 Å². The number of hydrogen-bond acceptors (Lipinski definition) is 7. The van der Waals surface area contributed by atoms with Gasteiger partial charge in [-0.25, -0.2) is 13.2 Å². The molecular formula is C38H50N4O6S. The molecular weight excluding hydrogens is 641 g/mol. The third-order valence-corrected chi connectivity index (χ3v) is 11.1. The minimum Gasteiger partial charge on any atom is -0.453 e. The van der Waals surface area contributed by atoms with E-state index in [-0.39, 0.29) is 35.9 Å². The maximum atomic E-state index is 14.2. The summed E-state index contributed by atoms with van der Waals surface area (Å²) in [6.45, 7) is 5.96. The van der Waals surface area contributed by atoms with Crippen molar-refractivity contribution in [1.82, 2.24) is 14.9 Å². The molecule has 3 aromatic rings. The third-order valence-electron chi connectivity index (χ3n) is 9.14. The van der Waals surface area contributed by atoms with Crippen LogP contribution in [-0.4, -0.2) is 68.2 Å². The van der Waals surface area contributed by atoms with Crippen molar-refractivity contribution >= 4 is 39.9 Å². The van der Waals surface area contributed by atoms with E-state index in [1.54, 1.807) is 12.1 Å². The van der Waals surface area contributed by atoms with Crippen LogP contribution in [0.25, 0.3) is 12.2 Å². The number of nitrogens with one attached hydrogen (secondary N) is 2. The van der Waals surface area contributed by atoms with Crippen molar-refractivity contribution in [2.24, 2.45) is 5.92 Å². The summed E-state index contributed by atoms with van der Waals surface area (Å²) in [5, 5.41) is 16.4. The zero-order valence-corrected chi connectivity index (χ0v) is 29.7. The maximum absolute atomic E-state index is 14.2. The lowest BCUT2D eigenvalue weighted by Crippen LogP contribution is -2.52. The number of nitrogen functional groups attached to an aromatic ring is 1. The molecule has 0 unspecified atom stereocenters. The molecule has 0 saturated heterocycles. The van der Waals surface area contributed by atoms with Crippen molar-refractivity contribution in [3.05, 3.63) is 95.1 Å². The summed E-state index contributed by atoms with van der Waals surface area (Å²) >= 11 is 0. The van der Waals surface area contributed by atoms with Crippen molar-refractivity contribution in [2.75, 3.05) is 26.0 Å². The number of carbonyl (C=O) groups is 2. The average molecular weight is 691 g/mol. The van der Waals surface area contributed by atoms with Gasteiger partial charge in [-0.2, -0.15) is 4.31 Å². The minimum atomic E-state index is -3.90. The number of ether oxygens (including phenoxy) is 1. The number of nitrogens with zero attached hydrogens (tertiary/aromatic N) is 1. The molecule has 0 fully saturated rings. The predicted octanol–water partition coefficient (Wildman–Crippen LogP) is 5.77. The van der Waals surface area contributed by atoms with Crippen LogP contribution in [0.15, 0.2) is 77.7 Å². The number of amides is 2. The monoisotopic (exact) mass is 690 g/mol. The summed E-state index contributed by atoms with van der Waals surface area (Å²) in [6.07, 6.45) is 6.06. The van der Waals surface area contributed by atoms with Crippen molar-refractivity contribution in [3.8, 4) is 0 Å². The van der Waals surface area contributed by atoms with Gasteiger partial charge in [0.15, 0.2) is 0 Å².